The molecular formula is C23H27N5O2S. The Balaban J connectivity index is 1.35. The number of aromatic nitrogens is 3. The third kappa shape index (κ3) is 3.73. The molecule has 5 heterocycles. The summed E-state index contributed by atoms with van der Waals surface area (Å²) >= 11 is 1.55. The second-order valence-electron chi connectivity index (χ2n) is 8.58. The third-order valence-electron chi connectivity index (χ3n) is 6.70. The zero-order valence-electron chi connectivity index (χ0n) is 17.7. The molecule has 2 fully saturated rings. The first kappa shape index (κ1) is 20.2. The van der Waals surface area contributed by atoms with Gasteiger partial charge in [-0.15, -0.1) is 0 Å². The smallest absolute Gasteiger partial charge is 0.276 e. The van der Waals surface area contributed by atoms with Gasteiger partial charge in [0.15, 0.2) is 11.3 Å². The molecule has 2 aliphatic rings. The van der Waals surface area contributed by atoms with Crippen LogP contribution in [0.4, 0.5) is 0 Å². The fourth-order valence-electron chi connectivity index (χ4n) is 4.89. The van der Waals surface area contributed by atoms with Crippen LogP contribution in [0.3, 0.4) is 0 Å². The van der Waals surface area contributed by atoms with Crippen molar-refractivity contribution in [3.05, 3.63) is 52.4 Å². The quantitative estimate of drug-likeness (QED) is 0.624. The summed E-state index contributed by atoms with van der Waals surface area (Å²) in [5, 5.41) is 3.85. The van der Waals surface area contributed by atoms with Crippen LogP contribution in [-0.2, 0) is 0 Å². The molecule has 5 rings (SSSR count). The van der Waals surface area contributed by atoms with Gasteiger partial charge in [-0.1, -0.05) is 0 Å². The minimum Gasteiger partial charge on any atom is -0.339 e. The van der Waals surface area contributed by atoms with Crippen LogP contribution in [0.2, 0.25) is 0 Å². The number of hydrogen-bond acceptors (Lipinski definition) is 5. The van der Waals surface area contributed by atoms with E-state index in [1.54, 1.807) is 23.9 Å². The molecule has 0 saturated carbocycles. The van der Waals surface area contributed by atoms with Crippen molar-refractivity contribution in [2.24, 2.45) is 0 Å². The van der Waals surface area contributed by atoms with E-state index in [1.165, 1.54) is 6.42 Å². The van der Waals surface area contributed by atoms with Crippen LogP contribution in [0.1, 0.15) is 71.5 Å². The Morgan fingerprint density at radius 2 is 1.87 bits per heavy atom. The summed E-state index contributed by atoms with van der Waals surface area (Å²) in [5.41, 5.74) is 2.98. The highest BCUT2D eigenvalue weighted by atomic mass is 32.1. The number of amides is 2. The summed E-state index contributed by atoms with van der Waals surface area (Å²) in [6.07, 6.45) is 8.56. The lowest BCUT2D eigenvalue weighted by molar-refractivity contribution is 0.0631. The van der Waals surface area contributed by atoms with Crippen LogP contribution >= 0.6 is 11.3 Å². The van der Waals surface area contributed by atoms with Crippen LogP contribution < -0.4 is 0 Å². The van der Waals surface area contributed by atoms with Crippen molar-refractivity contribution in [1.82, 2.24) is 24.2 Å². The molecular weight excluding hydrogens is 410 g/mol. The predicted octanol–water partition coefficient (Wildman–Crippen LogP) is 3.83. The van der Waals surface area contributed by atoms with E-state index in [0.717, 1.165) is 56.6 Å². The Morgan fingerprint density at radius 3 is 2.61 bits per heavy atom. The van der Waals surface area contributed by atoms with Crippen molar-refractivity contribution >= 4 is 28.8 Å². The van der Waals surface area contributed by atoms with E-state index < -0.39 is 0 Å². The van der Waals surface area contributed by atoms with Gasteiger partial charge in [0.05, 0.1) is 5.56 Å². The molecule has 1 atom stereocenters. The summed E-state index contributed by atoms with van der Waals surface area (Å²) in [5.74, 6) is 0.407. The Kier molecular flexibility index (Phi) is 5.48. The summed E-state index contributed by atoms with van der Waals surface area (Å²) in [6.45, 7) is 4.36. The molecule has 3 aromatic heterocycles. The Labute approximate surface area is 185 Å². The minimum atomic E-state index is -0.0180. The second kappa shape index (κ2) is 8.42. The highest BCUT2D eigenvalue weighted by molar-refractivity contribution is 7.08. The monoisotopic (exact) mass is 437 g/mol. The van der Waals surface area contributed by atoms with Crippen molar-refractivity contribution in [3.63, 3.8) is 0 Å². The van der Waals surface area contributed by atoms with Gasteiger partial charge in [0.2, 0.25) is 0 Å². The predicted molar refractivity (Wildman–Crippen MR) is 120 cm³/mol. The van der Waals surface area contributed by atoms with Crippen molar-refractivity contribution in [3.8, 4) is 0 Å². The average Bonchev–Trinajstić information content (AvgIpc) is 3.49. The molecule has 3 aromatic rings. The van der Waals surface area contributed by atoms with Gasteiger partial charge in [-0.25, -0.2) is 9.97 Å². The lowest BCUT2D eigenvalue weighted by Crippen LogP contribution is -2.42. The standard InChI is InChI=1S/C23H27N5O2S/c1-16-4-2-3-10-27(16)23(30)20-21-24-9-5-19(28(21)15-25-20)17-6-11-26(12-7-17)22(29)18-8-13-31-14-18/h5,8-9,13-17H,2-4,6-7,10-12H2,1H3. The average molecular weight is 438 g/mol. The Bertz CT molecular complexity index is 1080. The van der Waals surface area contributed by atoms with E-state index in [-0.39, 0.29) is 17.9 Å². The van der Waals surface area contributed by atoms with Gasteiger partial charge in [-0.2, -0.15) is 11.3 Å². The van der Waals surface area contributed by atoms with Crippen LogP contribution in [0.25, 0.3) is 5.65 Å². The van der Waals surface area contributed by atoms with Gasteiger partial charge < -0.3 is 9.80 Å². The number of fused-ring (bicyclic) bond motifs is 1. The lowest BCUT2D eigenvalue weighted by Gasteiger charge is -2.33. The van der Waals surface area contributed by atoms with E-state index in [2.05, 4.69) is 16.9 Å². The molecule has 1 unspecified atom stereocenters. The molecule has 162 valence electrons. The molecule has 31 heavy (non-hydrogen) atoms. The number of thiophene rings is 1. The highest BCUT2D eigenvalue weighted by Crippen LogP contribution is 2.30. The number of likely N-dealkylation sites (tertiary alicyclic amines) is 2. The van der Waals surface area contributed by atoms with Crippen LogP contribution in [0.5, 0.6) is 0 Å². The van der Waals surface area contributed by atoms with E-state index in [4.69, 9.17) is 0 Å². The fourth-order valence-corrected chi connectivity index (χ4v) is 5.52. The van der Waals surface area contributed by atoms with E-state index >= 15 is 0 Å². The number of hydrogen-bond donors (Lipinski definition) is 0. The van der Waals surface area contributed by atoms with Gasteiger partial charge >= 0.3 is 0 Å². The van der Waals surface area contributed by atoms with Gasteiger partial charge in [-0.05, 0) is 56.5 Å². The van der Waals surface area contributed by atoms with E-state index in [1.807, 2.05) is 37.1 Å². The van der Waals surface area contributed by atoms with Crippen molar-refractivity contribution in [1.29, 1.82) is 0 Å². The van der Waals surface area contributed by atoms with Crippen molar-refractivity contribution < 1.29 is 9.59 Å². The molecule has 0 bridgehead atoms. The lowest BCUT2D eigenvalue weighted by atomic mass is 9.93. The van der Waals surface area contributed by atoms with Crippen molar-refractivity contribution in [2.45, 2.75) is 51.0 Å². The molecule has 0 N–H and O–H groups in total. The second-order valence-corrected chi connectivity index (χ2v) is 9.36. The number of imidazole rings is 1. The maximum atomic E-state index is 13.2. The molecule has 0 aliphatic carbocycles. The molecule has 8 heteroatoms. The van der Waals surface area contributed by atoms with Crippen LogP contribution in [-0.4, -0.2) is 61.7 Å². The van der Waals surface area contributed by atoms with Gasteiger partial charge in [0, 0.05) is 48.9 Å². The summed E-state index contributed by atoms with van der Waals surface area (Å²) < 4.78 is 1.98. The Morgan fingerprint density at radius 1 is 1.03 bits per heavy atom. The largest absolute Gasteiger partial charge is 0.339 e. The third-order valence-corrected chi connectivity index (χ3v) is 7.38. The SMILES string of the molecule is CC1CCCCN1C(=O)c1ncn2c(C3CCN(C(=O)c4ccsc4)CC3)ccnc12. The zero-order chi connectivity index (χ0) is 21.4. The number of carbonyl (C=O) groups is 2. The van der Waals surface area contributed by atoms with Crippen LogP contribution in [0, 0.1) is 0 Å². The molecule has 2 aliphatic heterocycles. The maximum Gasteiger partial charge on any atom is 0.276 e. The topological polar surface area (TPSA) is 70.8 Å². The van der Waals surface area contributed by atoms with Gasteiger partial charge in [0.1, 0.15) is 6.33 Å². The maximum absolute atomic E-state index is 13.2. The first-order chi connectivity index (χ1) is 15.1. The van der Waals surface area contributed by atoms with Crippen LogP contribution in [0.15, 0.2) is 35.4 Å². The molecule has 0 radical (unpaired) electrons. The number of nitrogens with zero attached hydrogens (tertiary/aromatic N) is 5. The Hall–Kier alpha value is -2.74. The highest BCUT2D eigenvalue weighted by Gasteiger charge is 2.30. The molecule has 2 saturated heterocycles. The summed E-state index contributed by atoms with van der Waals surface area (Å²) in [7, 11) is 0. The first-order valence-electron chi connectivity index (χ1n) is 11.1. The van der Waals surface area contributed by atoms with E-state index in [0.29, 0.717) is 17.3 Å². The molecule has 0 spiro atoms. The molecule has 7 nitrogen and oxygen atoms in total. The normalized spacial score (nSPS) is 20.4. The first-order valence-corrected chi connectivity index (χ1v) is 12.0. The molecule has 2 amide bonds. The number of piperidine rings is 2. The zero-order valence-corrected chi connectivity index (χ0v) is 18.6. The van der Waals surface area contributed by atoms with Gasteiger partial charge in [0.25, 0.3) is 11.8 Å². The van der Waals surface area contributed by atoms with Gasteiger partial charge in [-0.3, -0.25) is 14.0 Å². The summed E-state index contributed by atoms with van der Waals surface area (Å²) in [6, 6.07) is 4.15. The minimum absolute atomic E-state index is 0.0180. The number of carbonyl (C=O) groups excluding carboxylic acids is 2. The van der Waals surface area contributed by atoms with E-state index in [9.17, 15) is 9.59 Å². The number of rotatable bonds is 3. The molecule has 0 aromatic carbocycles. The summed E-state index contributed by atoms with van der Waals surface area (Å²) in [4.78, 5) is 38.7. The fraction of sp³-hybridized carbons (Fsp3) is 0.478. The van der Waals surface area contributed by atoms with Crippen molar-refractivity contribution in [2.75, 3.05) is 19.6 Å².